The van der Waals surface area contributed by atoms with Crippen molar-refractivity contribution in [3.8, 4) is 0 Å². The zero-order valence-corrected chi connectivity index (χ0v) is 41.7. The molecule has 0 saturated carbocycles. The van der Waals surface area contributed by atoms with Gasteiger partial charge in [-0.3, -0.25) is 14.4 Å². The molecule has 0 aromatic rings. The molecule has 366 valence electrons. The second kappa shape index (κ2) is 52.4. The largest absolute Gasteiger partial charge is 0.462 e. The Morgan fingerprint density at radius 1 is 0.323 bits per heavy atom. The van der Waals surface area contributed by atoms with E-state index in [1.165, 1.54) is 6.42 Å². The van der Waals surface area contributed by atoms with E-state index in [-0.39, 0.29) is 31.1 Å². The van der Waals surface area contributed by atoms with Crippen LogP contribution in [0.1, 0.15) is 213 Å². The normalized spacial score (nSPS) is 13.1. The van der Waals surface area contributed by atoms with Gasteiger partial charge in [-0.1, -0.05) is 206 Å². The molecular formula is C59H94O6. The highest BCUT2D eigenvalue weighted by Gasteiger charge is 2.19. The van der Waals surface area contributed by atoms with Crippen molar-refractivity contribution in [2.24, 2.45) is 0 Å². The number of hydrogen-bond donors (Lipinski definition) is 0. The van der Waals surface area contributed by atoms with Crippen LogP contribution in [0.3, 0.4) is 0 Å². The van der Waals surface area contributed by atoms with Gasteiger partial charge in [0.1, 0.15) is 13.2 Å². The Bertz CT molecular complexity index is 1400. The molecule has 0 aromatic carbocycles. The van der Waals surface area contributed by atoms with Gasteiger partial charge in [0.2, 0.25) is 0 Å². The Hall–Kier alpha value is -4.19. The fourth-order valence-corrected chi connectivity index (χ4v) is 6.55. The molecule has 0 heterocycles. The lowest BCUT2D eigenvalue weighted by Crippen LogP contribution is -2.30. The molecule has 0 aliphatic rings. The van der Waals surface area contributed by atoms with Crippen molar-refractivity contribution in [2.45, 2.75) is 219 Å². The van der Waals surface area contributed by atoms with Crippen molar-refractivity contribution in [1.29, 1.82) is 0 Å². The zero-order chi connectivity index (χ0) is 47.2. The van der Waals surface area contributed by atoms with Gasteiger partial charge < -0.3 is 14.2 Å². The lowest BCUT2D eigenvalue weighted by molar-refractivity contribution is -0.167. The van der Waals surface area contributed by atoms with Crippen molar-refractivity contribution >= 4 is 17.9 Å². The SMILES string of the molecule is CC/C=C\C/C=C\C/C=C\C/C=C\C/C=C\C/C=C\C/C=C\C/C=C\CCCCCCC(=O)OCC(COC(=O)CCCCCCC)OC(=O)CCCCCCC/C=C\C/C=C\CCC. The number of esters is 3. The average Bonchev–Trinajstić information content (AvgIpc) is 3.30. The van der Waals surface area contributed by atoms with E-state index in [1.807, 2.05) is 0 Å². The summed E-state index contributed by atoms with van der Waals surface area (Å²) in [7, 11) is 0. The number of carbonyl (C=O) groups excluding carboxylic acids is 3. The van der Waals surface area contributed by atoms with Crippen LogP contribution in [0.25, 0.3) is 0 Å². The van der Waals surface area contributed by atoms with Gasteiger partial charge in [-0.15, -0.1) is 0 Å². The minimum absolute atomic E-state index is 0.0957. The van der Waals surface area contributed by atoms with Gasteiger partial charge in [0.15, 0.2) is 6.10 Å². The number of ether oxygens (including phenoxy) is 3. The first-order valence-electron chi connectivity index (χ1n) is 26.0. The first kappa shape index (κ1) is 60.8. The van der Waals surface area contributed by atoms with E-state index in [2.05, 4.69) is 142 Å². The van der Waals surface area contributed by atoms with Gasteiger partial charge in [-0.25, -0.2) is 0 Å². The molecule has 0 bridgehead atoms. The highest BCUT2D eigenvalue weighted by Crippen LogP contribution is 2.12. The molecule has 0 N–H and O–H groups in total. The third-order valence-electron chi connectivity index (χ3n) is 10.4. The maximum atomic E-state index is 12.7. The molecule has 0 aliphatic heterocycles. The molecule has 0 saturated heterocycles. The molecule has 6 nitrogen and oxygen atoms in total. The number of carbonyl (C=O) groups is 3. The molecule has 6 heteroatoms. The van der Waals surface area contributed by atoms with Crippen molar-refractivity contribution < 1.29 is 28.6 Å². The molecule has 0 radical (unpaired) electrons. The first-order chi connectivity index (χ1) is 32.0. The van der Waals surface area contributed by atoms with Gasteiger partial charge in [0.05, 0.1) is 0 Å². The van der Waals surface area contributed by atoms with E-state index >= 15 is 0 Å². The molecule has 1 atom stereocenters. The zero-order valence-electron chi connectivity index (χ0n) is 41.7. The maximum Gasteiger partial charge on any atom is 0.306 e. The first-order valence-corrected chi connectivity index (χ1v) is 26.0. The lowest BCUT2D eigenvalue weighted by Gasteiger charge is -2.18. The highest BCUT2D eigenvalue weighted by molar-refractivity contribution is 5.71. The van der Waals surface area contributed by atoms with E-state index in [0.717, 1.165) is 167 Å². The molecule has 0 aromatic heterocycles. The van der Waals surface area contributed by atoms with Crippen LogP contribution in [0.4, 0.5) is 0 Å². The molecule has 65 heavy (non-hydrogen) atoms. The summed E-state index contributed by atoms with van der Waals surface area (Å²) in [5.41, 5.74) is 0. The topological polar surface area (TPSA) is 78.9 Å². The summed E-state index contributed by atoms with van der Waals surface area (Å²) < 4.78 is 16.6. The minimum Gasteiger partial charge on any atom is -0.462 e. The van der Waals surface area contributed by atoms with Gasteiger partial charge in [-0.05, 0) is 109 Å². The number of allylic oxidation sites excluding steroid dienone is 20. The van der Waals surface area contributed by atoms with Crippen LogP contribution in [0.2, 0.25) is 0 Å². The van der Waals surface area contributed by atoms with E-state index in [1.54, 1.807) is 0 Å². The van der Waals surface area contributed by atoms with Crippen LogP contribution in [-0.4, -0.2) is 37.2 Å². The highest BCUT2D eigenvalue weighted by atomic mass is 16.6. The van der Waals surface area contributed by atoms with Gasteiger partial charge in [0, 0.05) is 19.3 Å². The van der Waals surface area contributed by atoms with E-state index in [9.17, 15) is 14.4 Å². The van der Waals surface area contributed by atoms with E-state index in [4.69, 9.17) is 14.2 Å². The smallest absolute Gasteiger partial charge is 0.306 e. The summed E-state index contributed by atoms with van der Waals surface area (Å²) in [6, 6.07) is 0. The quantitative estimate of drug-likeness (QED) is 0.0262. The maximum absolute atomic E-state index is 12.7. The number of hydrogen-bond acceptors (Lipinski definition) is 6. The Kier molecular flexibility index (Phi) is 49.1. The van der Waals surface area contributed by atoms with Gasteiger partial charge in [-0.2, -0.15) is 0 Å². The molecule has 0 aliphatic carbocycles. The standard InChI is InChI=1S/C59H94O6/c1-4-7-10-13-15-17-19-21-22-23-24-25-26-27-28-29-30-31-32-33-34-35-36-38-39-41-43-46-49-52-58(61)64-55-56(54-63-57(60)51-48-45-12-9-6-3)65-59(62)53-50-47-44-42-40-37-20-18-16-14-11-8-5-2/h7,10-11,14-15,17-18,20-22,24-25,27-28,30-31,33-34,36,38,56H,4-6,8-9,12-13,16,19,23,26,29,32,35,37,39-55H2,1-3H3/b10-7-,14-11-,17-15-,20-18-,22-21-,25-24-,28-27-,31-30-,34-33-,38-36-. The summed E-state index contributed by atoms with van der Waals surface area (Å²) >= 11 is 0. The van der Waals surface area contributed by atoms with Crippen molar-refractivity contribution in [3.63, 3.8) is 0 Å². The van der Waals surface area contributed by atoms with Crippen molar-refractivity contribution in [3.05, 3.63) is 122 Å². The second-order valence-electron chi connectivity index (χ2n) is 16.7. The summed E-state index contributed by atoms with van der Waals surface area (Å²) in [4.78, 5) is 37.6. The molecule has 0 amide bonds. The summed E-state index contributed by atoms with van der Waals surface area (Å²) in [6.07, 6.45) is 72.3. The van der Waals surface area contributed by atoms with E-state index < -0.39 is 6.10 Å². The Labute approximate surface area is 399 Å². The van der Waals surface area contributed by atoms with Gasteiger partial charge in [0.25, 0.3) is 0 Å². The van der Waals surface area contributed by atoms with Gasteiger partial charge >= 0.3 is 17.9 Å². The monoisotopic (exact) mass is 899 g/mol. The predicted octanol–water partition coefficient (Wildman–Crippen LogP) is 17.3. The summed E-state index contributed by atoms with van der Waals surface area (Å²) in [5, 5.41) is 0. The van der Waals surface area contributed by atoms with Crippen LogP contribution in [0.15, 0.2) is 122 Å². The van der Waals surface area contributed by atoms with Crippen LogP contribution in [0.5, 0.6) is 0 Å². The summed E-state index contributed by atoms with van der Waals surface area (Å²) in [5.74, 6) is -0.960. The van der Waals surface area contributed by atoms with Crippen molar-refractivity contribution in [1.82, 2.24) is 0 Å². The summed E-state index contributed by atoms with van der Waals surface area (Å²) in [6.45, 7) is 6.31. The second-order valence-corrected chi connectivity index (χ2v) is 16.7. The number of unbranched alkanes of at least 4 members (excludes halogenated alkanes) is 14. The Balaban J connectivity index is 4.20. The molecular weight excluding hydrogens is 805 g/mol. The fourth-order valence-electron chi connectivity index (χ4n) is 6.55. The van der Waals surface area contributed by atoms with E-state index in [0.29, 0.717) is 19.3 Å². The van der Waals surface area contributed by atoms with Crippen LogP contribution in [0, 0.1) is 0 Å². The molecule has 1 unspecified atom stereocenters. The lowest BCUT2D eigenvalue weighted by atomic mass is 10.1. The molecule has 0 rings (SSSR count). The predicted molar refractivity (Wildman–Crippen MR) is 279 cm³/mol. The average molecular weight is 899 g/mol. The van der Waals surface area contributed by atoms with Crippen LogP contribution < -0.4 is 0 Å². The third-order valence-corrected chi connectivity index (χ3v) is 10.4. The van der Waals surface area contributed by atoms with Crippen LogP contribution >= 0.6 is 0 Å². The Morgan fingerprint density at radius 3 is 1.00 bits per heavy atom. The molecule has 0 fully saturated rings. The Morgan fingerprint density at radius 2 is 0.631 bits per heavy atom. The fraction of sp³-hybridized carbons (Fsp3) is 0.610. The van der Waals surface area contributed by atoms with Crippen molar-refractivity contribution in [2.75, 3.05) is 13.2 Å². The minimum atomic E-state index is -0.794. The molecule has 0 spiro atoms. The third kappa shape index (κ3) is 50.7. The number of rotatable bonds is 45. The van der Waals surface area contributed by atoms with Crippen LogP contribution in [-0.2, 0) is 28.6 Å².